The van der Waals surface area contributed by atoms with Gasteiger partial charge in [-0.1, -0.05) is 18.2 Å². The molecule has 0 bridgehead atoms. The molecule has 2 aromatic carbocycles. The molecule has 1 saturated carbocycles. The minimum Gasteiger partial charge on any atom is -0.467 e. The molecule has 4 rings (SSSR count). The van der Waals surface area contributed by atoms with E-state index in [4.69, 9.17) is 9.47 Å². The first-order valence-corrected chi connectivity index (χ1v) is 10.1. The molecule has 162 valence electrons. The standard InChI is InChI=1S/C23H24N2O6/c1-30-22(29)18-11-23(14-26)12-19(23)25(18)20(27)13-24-21(28)15-7-9-17(10-8-15)31-16-5-3-2-4-6-16/h2-10,18-19,26H,11-14H2,1H3,(H,24,28)/t18-,19-,23+/m0/s1. The van der Waals surface area contributed by atoms with Crippen molar-refractivity contribution in [2.24, 2.45) is 5.41 Å². The summed E-state index contributed by atoms with van der Waals surface area (Å²) in [6.45, 7) is -0.328. The maximum absolute atomic E-state index is 12.8. The van der Waals surface area contributed by atoms with Crippen molar-refractivity contribution in [3.63, 3.8) is 0 Å². The average molecular weight is 424 g/mol. The zero-order valence-corrected chi connectivity index (χ0v) is 17.1. The number of ether oxygens (including phenoxy) is 2. The van der Waals surface area contributed by atoms with Crippen LogP contribution in [0.1, 0.15) is 23.2 Å². The van der Waals surface area contributed by atoms with Crippen molar-refractivity contribution in [2.45, 2.75) is 24.9 Å². The Morgan fingerprint density at radius 1 is 1.06 bits per heavy atom. The van der Waals surface area contributed by atoms with Crippen LogP contribution in [-0.2, 0) is 14.3 Å². The fourth-order valence-electron chi connectivity index (χ4n) is 4.20. The zero-order chi connectivity index (χ0) is 22.0. The molecule has 1 heterocycles. The van der Waals surface area contributed by atoms with Gasteiger partial charge in [0, 0.05) is 17.0 Å². The molecular formula is C23H24N2O6. The Hall–Kier alpha value is -3.39. The van der Waals surface area contributed by atoms with Crippen molar-refractivity contribution < 1.29 is 29.0 Å². The van der Waals surface area contributed by atoms with Crippen LogP contribution in [0.4, 0.5) is 0 Å². The topological polar surface area (TPSA) is 105 Å². The summed E-state index contributed by atoms with van der Waals surface area (Å²) in [7, 11) is 1.27. The Bertz CT molecular complexity index is 977. The fraction of sp³-hybridized carbons (Fsp3) is 0.348. The molecule has 8 nitrogen and oxygen atoms in total. The predicted molar refractivity (Wildman–Crippen MR) is 110 cm³/mol. The first-order valence-electron chi connectivity index (χ1n) is 10.1. The quantitative estimate of drug-likeness (QED) is 0.656. The Balaban J connectivity index is 1.35. The highest BCUT2D eigenvalue weighted by atomic mass is 16.5. The normalized spacial score (nSPS) is 23.6. The summed E-state index contributed by atoms with van der Waals surface area (Å²) in [6.07, 6.45) is 1.03. The van der Waals surface area contributed by atoms with Crippen LogP contribution in [0.5, 0.6) is 11.5 Å². The van der Waals surface area contributed by atoms with E-state index in [1.54, 1.807) is 24.3 Å². The number of piperidine rings is 1. The second-order valence-electron chi connectivity index (χ2n) is 7.91. The van der Waals surface area contributed by atoms with Crippen LogP contribution in [0, 0.1) is 5.41 Å². The number of carbonyl (C=O) groups is 3. The maximum Gasteiger partial charge on any atom is 0.328 e. The SMILES string of the molecule is COC(=O)[C@@H]1C[C@]2(CO)C[C@@H]2N1C(=O)CNC(=O)c1ccc(Oc2ccccc2)cc1. The van der Waals surface area contributed by atoms with Gasteiger partial charge in [0.15, 0.2) is 0 Å². The van der Waals surface area contributed by atoms with Crippen LogP contribution in [0.25, 0.3) is 0 Å². The van der Waals surface area contributed by atoms with Crippen LogP contribution >= 0.6 is 0 Å². The molecule has 0 spiro atoms. The molecule has 0 aromatic heterocycles. The predicted octanol–water partition coefficient (Wildman–Crippen LogP) is 1.73. The Kier molecular flexibility index (Phi) is 5.65. The van der Waals surface area contributed by atoms with Gasteiger partial charge in [-0.25, -0.2) is 4.79 Å². The second-order valence-corrected chi connectivity index (χ2v) is 7.91. The molecule has 2 amide bonds. The van der Waals surface area contributed by atoms with Gasteiger partial charge in [-0.05, 0) is 49.2 Å². The third-order valence-corrected chi connectivity index (χ3v) is 5.99. The van der Waals surface area contributed by atoms with E-state index in [1.165, 1.54) is 12.0 Å². The van der Waals surface area contributed by atoms with Crippen LogP contribution < -0.4 is 10.1 Å². The monoisotopic (exact) mass is 424 g/mol. The fourth-order valence-corrected chi connectivity index (χ4v) is 4.20. The zero-order valence-electron chi connectivity index (χ0n) is 17.1. The number of hydrogen-bond acceptors (Lipinski definition) is 6. The molecule has 2 aliphatic rings. The molecule has 8 heteroatoms. The van der Waals surface area contributed by atoms with Crippen molar-refractivity contribution in [1.82, 2.24) is 10.2 Å². The summed E-state index contributed by atoms with van der Waals surface area (Å²) in [6, 6.07) is 15.0. The van der Waals surface area contributed by atoms with Gasteiger partial charge in [-0.2, -0.15) is 0 Å². The van der Waals surface area contributed by atoms with Crippen LogP contribution in [0.2, 0.25) is 0 Å². The first-order chi connectivity index (χ1) is 15.0. The van der Waals surface area contributed by atoms with Crippen LogP contribution in [0.3, 0.4) is 0 Å². The van der Waals surface area contributed by atoms with Crippen molar-refractivity contribution in [1.29, 1.82) is 0 Å². The summed E-state index contributed by atoms with van der Waals surface area (Å²) >= 11 is 0. The number of nitrogens with one attached hydrogen (secondary N) is 1. The number of para-hydroxylation sites is 1. The minimum absolute atomic E-state index is 0.0846. The van der Waals surface area contributed by atoms with Gasteiger partial charge >= 0.3 is 5.97 Å². The summed E-state index contributed by atoms with van der Waals surface area (Å²) in [5, 5.41) is 12.3. The number of carbonyl (C=O) groups excluding carboxylic acids is 3. The molecule has 1 aliphatic heterocycles. The number of aliphatic hydroxyl groups excluding tert-OH is 1. The second kappa shape index (κ2) is 8.39. The third kappa shape index (κ3) is 4.11. The molecule has 2 aromatic rings. The van der Waals surface area contributed by atoms with Gasteiger partial charge in [0.05, 0.1) is 20.3 Å². The molecular weight excluding hydrogens is 400 g/mol. The van der Waals surface area contributed by atoms with Gasteiger partial charge in [0.25, 0.3) is 5.91 Å². The highest BCUT2D eigenvalue weighted by molar-refractivity contribution is 5.97. The van der Waals surface area contributed by atoms with E-state index in [2.05, 4.69) is 5.32 Å². The number of esters is 1. The molecule has 3 atom stereocenters. The third-order valence-electron chi connectivity index (χ3n) is 5.99. The number of likely N-dealkylation sites (tertiary alicyclic amines) is 1. The summed E-state index contributed by atoms with van der Waals surface area (Å²) < 4.78 is 10.5. The van der Waals surface area contributed by atoms with Crippen molar-refractivity contribution in [3.05, 3.63) is 60.2 Å². The van der Waals surface area contributed by atoms with Gasteiger partial charge in [0.2, 0.25) is 5.91 Å². The molecule has 2 fully saturated rings. The molecule has 0 radical (unpaired) electrons. The van der Waals surface area contributed by atoms with E-state index in [0.29, 0.717) is 29.9 Å². The Morgan fingerprint density at radius 3 is 2.39 bits per heavy atom. The lowest BCUT2D eigenvalue weighted by molar-refractivity contribution is -0.151. The molecule has 1 aliphatic carbocycles. The number of aliphatic hydroxyl groups is 1. The average Bonchev–Trinajstić information content (AvgIpc) is 3.42. The number of amides is 2. The van der Waals surface area contributed by atoms with E-state index >= 15 is 0 Å². The van der Waals surface area contributed by atoms with Crippen LogP contribution in [-0.4, -0.2) is 60.1 Å². The molecule has 1 saturated heterocycles. The van der Waals surface area contributed by atoms with E-state index in [1.807, 2.05) is 30.3 Å². The lowest BCUT2D eigenvalue weighted by Crippen LogP contribution is -2.47. The summed E-state index contributed by atoms with van der Waals surface area (Å²) in [5.74, 6) is -0.00190. The lowest BCUT2D eigenvalue weighted by Gasteiger charge is -2.25. The summed E-state index contributed by atoms with van der Waals surface area (Å²) in [4.78, 5) is 38.8. The highest BCUT2D eigenvalue weighted by Gasteiger charge is 2.67. The van der Waals surface area contributed by atoms with Gasteiger partial charge < -0.3 is 24.8 Å². The lowest BCUT2D eigenvalue weighted by atomic mass is 10.0. The van der Waals surface area contributed by atoms with E-state index in [-0.39, 0.29) is 25.1 Å². The maximum atomic E-state index is 12.8. The first kappa shape index (κ1) is 20.9. The van der Waals surface area contributed by atoms with Crippen molar-refractivity contribution >= 4 is 17.8 Å². The van der Waals surface area contributed by atoms with Gasteiger partial charge in [0.1, 0.15) is 17.5 Å². The minimum atomic E-state index is -0.727. The Labute approximate surface area is 179 Å². The largest absolute Gasteiger partial charge is 0.467 e. The van der Waals surface area contributed by atoms with Crippen LogP contribution in [0.15, 0.2) is 54.6 Å². The number of methoxy groups -OCH3 is 1. The number of hydrogen-bond donors (Lipinski definition) is 2. The number of rotatable bonds is 7. The smallest absolute Gasteiger partial charge is 0.328 e. The number of fused-ring (bicyclic) bond motifs is 1. The Morgan fingerprint density at radius 2 is 1.74 bits per heavy atom. The van der Waals surface area contributed by atoms with E-state index in [0.717, 1.165) is 0 Å². The van der Waals surface area contributed by atoms with E-state index in [9.17, 15) is 19.5 Å². The molecule has 0 unspecified atom stereocenters. The van der Waals surface area contributed by atoms with Gasteiger partial charge in [-0.15, -0.1) is 0 Å². The summed E-state index contributed by atoms with van der Waals surface area (Å²) in [5.41, 5.74) is -0.0390. The van der Waals surface area contributed by atoms with E-state index < -0.39 is 23.3 Å². The number of benzene rings is 2. The van der Waals surface area contributed by atoms with Crippen molar-refractivity contribution in [3.8, 4) is 11.5 Å². The van der Waals surface area contributed by atoms with Gasteiger partial charge in [-0.3, -0.25) is 9.59 Å². The molecule has 31 heavy (non-hydrogen) atoms. The highest BCUT2D eigenvalue weighted by Crippen LogP contribution is 2.59. The van der Waals surface area contributed by atoms with Crippen molar-refractivity contribution in [2.75, 3.05) is 20.3 Å². The number of nitrogens with zero attached hydrogens (tertiary/aromatic N) is 1. The molecule has 2 N–H and O–H groups in total.